The van der Waals surface area contributed by atoms with Crippen LogP contribution >= 0.6 is 0 Å². The van der Waals surface area contributed by atoms with Crippen molar-refractivity contribution < 1.29 is 4.79 Å². The number of hydrazone groups is 1. The van der Waals surface area contributed by atoms with Gasteiger partial charge in [0.15, 0.2) is 5.78 Å². The first-order valence-corrected chi connectivity index (χ1v) is 7.57. The lowest BCUT2D eigenvalue weighted by molar-refractivity contribution is -0.110. The number of ketones is 1. The average Bonchev–Trinajstić information content (AvgIpc) is 2.56. The van der Waals surface area contributed by atoms with Crippen molar-refractivity contribution in [2.24, 2.45) is 10.1 Å². The van der Waals surface area contributed by atoms with Crippen LogP contribution in [0.3, 0.4) is 0 Å². The Kier molecular flexibility index (Phi) is 5.80. The summed E-state index contributed by atoms with van der Waals surface area (Å²) in [6, 6.07) is 19.5. The van der Waals surface area contributed by atoms with Gasteiger partial charge in [0.1, 0.15) is 5.71 Å². The molecule has 0 radical (unpaired) electrons. The number of nitrogens with one attached hydrogen (secondary N) is 1. The van der Waals surface area contributed by atoms with Crippen molar-refractivity contribution in [1.29, 1.82) is 0 Å². The predicted octanol–water partition coefficient (Wildman–Crippen LogP) is 4.27. The maximum Gasteiger partial charge on any atom is 0.181 e. The predicted molar refractivity (Wildman–Crippen MR) is 96.1 cm³/mol. The van der Waals surface area contributed by atoms with Crippen molar-refractivity contribution in [3.05, 3.63) is 66.2 Å². The van der Waals surface area contributed by atoms with Gasteiger partial charge in [0.05, 0.1) is 17.4 Å². The largest absolute Gasteiger partial charge is 0.293 e. The van der Waals surface area contributed by atoms with Crippen LogP contribution in [0.1, 0.15) is 32.4 Å². The number of hydrogen-bond acceptors (Lipinski definition) is 4. The van der Waals surface area contributed by atoms with E-state index in [4.69, 9.17) is 0 Å². The lowest BCUT2D eigenvalue weighted by Gasteiger charge is -2.10. The summed E-state index contributed by atoms with van der Waals surface area (Å²) in [4.78, 5) is 16.5. The molecule has 0 aliphatic carbocycles. The van der Waals surface area contributed by atoms with Crippen molar-refractivity contribution >= 4 is 22.9 Å². The number of carbonyl (C=O) groups excluding carboxylic acids is 1. The normalized spacial score (nSPS) is 13.5. The van der Waals surface area contributed by atoms with E-state index in [0.29, 0.717) is 11.4 Å². The van der Waals surface area contributed by atoms with E-state index in [9.17, 15) is 4.79 Å². The minimum atomic E-state index is -0.116. The van der Waals surface area contributed by atoms with E-state index in [2.05, 4.69) is 15.5 Å². The summed E-state index contributed by atoms with van der Waals surface area (Å²) in [5.74, 6) is -0.116. The van der Waals surface area contributed by atoms with Crippen LogP contribution in [0.15, 0.2) is 70.8 Å². The van der Waals surface area contributed by atoms with Crippen molar-refractivity contribution in [3.63, 3.8) is 0 Å². The summed E-state index contributed by atoms with van der Waals surface area (Å²) in [6.07, 6.45) is 0. The SMILES string of the molecule is CC(=O)C(=NNc1ccccc1)C(C)=NC(C)c1ccccc1. The molecule has 0 saturated carbocycles. The fourth-order valence-corrected chi connectivity index (χ4v) is 2.21. The van der Waals surface area contributed by atoms with Crippen LogP contribution in [-0.2, 0) is 4.79 Å². The molecule has 0 saturated heterocycles. The topological polar surface area (TPSA) is 53.8 Å². The maximum atomic E-state index is 11.9. The molecular weight excluding hydrogens is 286 g/mol. The summed E-state index contributed by atoms with van der Waals surface area (Å²) in [6.45, 7) is 5.31. The van der Waals surface area contributed by atoms with Gasteiger partial charge in [-0.15, -0.1) is 0 Å². The third-order valence-corrected chi connectivity index (χ3v) is 3.42. The molecule has 0 fully saturated rings. The Morgan fingerprint density at radius 1 is 0.957 bits per heavy atom. The zero-order chi connectivity index (χ0) is 16.7. The molecule has 118 valence electrons. The van der Waals surface area contributed by atoms with E-state index < -0.39 is 0 Å². The minimum absolute atomic E-state index is 0.0301. The standard InChI is InChI=1S/C19H21N3O/c1-14(17-10-6-4-7-11-17)20-15(2)19(16(3)23)22-21-18-12-8-5-9-13-18/h4-14,21H,1-3H3. The van der Waals surface area contributed by atoms with Gasteiger partial charge in [-0.2, -0.15) is 5.10 Å². The Balaban J connectivity index is 2.19. The van der Waals surface area contributed by atoms with Crippen LogP contribution in [0.25, 0.3) is 0 Å². The number of nitrogens with zero attached hydrogens (tertiary/aromatic N) is 2. The maximum absolute atomic E-state index is 11.9. The summed E-state index contributed by atoms with van der Waals surface area (Å²) >= 11 is 0. The lowest BCUT2D eigenvalue weighted by Crippen LogP contribution is -2.21. The molecule has 2 aromatic carbocycles. The van der Waals surface area contributed by atoms with E-state index in [1.807, 2.05) is 74.5 Å². The third-order valence-electron chi connectivity index (χ3n) is 3.42. The third kappa shape index (κ3) is 4.88. The first kappa shape index (κ1) is 16.6. The highest BCUT2D eigenvalue weighted by molar-refractivity contribution is 6.66. The van der Waals surface area contributed by atoms with E-state index in [-0.39, 0.29) is 11.8 Å². The van der Waals surface area contributed by atoms with Crippen LogP contribution < -0.4 is 5.43 Å². The van der Waals surface area contributed by atoms with Gasteiger partial charge in [-0.3, -0.25) is 15.2 Å². The fourth-order valence-electron chi connectivity index (χ4n) is 2.21. The lowest BCUT2D eigenvalue weighted by atomic mass is 10.1. The second-order valence-electron chi connectivity index (χ2n) is 5.30. The van der Waals surface area contributed by atoms with Gasteiger partial charge in [-0.1, -0.05) is 48.5 Å². The molecule has 4 heteroatoms. The highest BCUT2D eigenvalue weighted by Crippen LogP contribution is 2.16. The zero-order valence-electron chi connectivity index (χ0n) is 13.7. The monoisotopic (exact) mass is 307 g/mol. The van der Waals surface area contributed by atoms with Gasteiger partial charge in [0, 0.05) is 6.92 Å². The number of benzene rings is 2. The summed E-state index contributed by atoms with van der Waals surface area (Å²) in [7, 11) is 0. The first-order chi connectivity index (χ1) is 11.1. The molecule has 1 atom stereocenters. The van der Waals surface area contributed by atoms with Crippen LogP contribution in [0, 0.1) is 0 Å². The van der Waals surface area contributed by atoms with Gasteiger partial charge in [-0.05, 0) is 31.5 Å². The second kappa shape index (κ2) is 8.03. The number of rotatable bonds is 6. The molecule has 2 aromatic rings. The van der Waals surface area contributed by atoms with Crippen molar-refractivity contribution in [3.8, 4) is 0 Å². The molecule has 2 rings (SSSR count). The molecule has 0 bridgehead atoms. The van der Waals surface area contributed by atoms with Crippen LogP contribution in [0.2, 0.25) is 0 Å². The fraction of sp³-hybridized carbons (Fsp3) is 0.211. The molecule has 0 aliphatic heterocycles. The Bertz CT molecular complexity index is 706. The molecule has 23 heavy (non-hydrogen) atoms. The van der Waals surface area contributed by atoms with Gasteiger partial charge in [0.25, 0.3) is 0 Å². The molecule has 1 unspecified atom stereocenters. The molecule has 0 heterocycles. The van der Waals surface area contributed by atoms with Gasteiger partial charge >= 0.3 is 0 Å². The van der Waals surface area contributed by atoms with E-state index in [1.165, 1.54) is 6.92 Å². The van der Waals surface area contributed by atoms with Crippen LogP contribution in [-0.4, -0.2) is 17.2 Å². The Labute approximate surface area is 137 Å². The molecule has 0 amide bonds. The highest BCUT2D eigenvalue weighted by atomic mass is 16.1. The number of hydrogen-bond donors (Lipinski definition) is 1. The van der Waals surface area contributed by atoms with Gasteiger partial charge in [0.2, 0.25) is 0 Å². The molecular formula is C19H21N3O. The number of Topliss-reactive ketones (excluding diaryl/α,β-unsaturated/α-hetero) is 1. The molecule has 0 aliphatic rings. The van der Waals surface area contributed by atoms with Crippen LogP contribution in [0.4, 0.5) is 5.69 Å². The smallest absolute Gasteiger partial charge is 0.181 e. The molecule has 0 spiro atoms. The minimum Gasteiger partial charge on any atom is -0.293 e. The number of para-hydroxylation sites is 1. The second-order valence-corrected chi connectivity index (χ2v) is 5.30. The Morgan fingerprint density at radius 3 is 2.09 bits per heavy atom. The molecule has 4 nitrogen and oxygen atoms in total. The Hall–Kier alpha value is -2.75. The zero-order valence-corrected chi connectivity index (χ0v) is 13.7. The Morgan fingerprint density at radius 2 is 1.52 bits per heavy atom. The van der Waals surface area contributed by atoms with Crippen LogP contribution in [0.5, 0.6) is 0 Å². The number of anilines is 1. The summed E-state index contributed by atoms with van der Waals surface area (Å²) in [5, 5.41) is 4.23. The van der Waals surface area contributed by atoms with E-state index in [1.54, 1.807) is 0 Å². The first-order valence-electron chi connectivity index (χ1n) is 7.57. The number of aliphatic imine (C=N–C) groups is 1. The number of carbonyl (C=O) groups is 1. The molecule has 0 aromatic heterocycles. The highest BCUT2D eigenvalue weighted by Gasteiger charge is 2.12. The van der Waals surface area contributed by atoms with E-state index in [0.717, 1.165) is 11.3 Å². The van der Waals surface area contributed by atoms with Crippen molar-refractivity contribution in [1.82, 2.24) is 0 Å². The van der Waals surface area contributed by atoms with E-state index >= 15 is 0 Å². The van der Waals surface area contributed by atoms with Crippen molar-refractivity contribution in [2.45, 2.75) is 26.8 Å². The average molecular weight is 307 g/mol. The summed E-state index contributed by atoms with van der Waals surface area (Å²) in [5.41, 5.74) is 5.80. The van der Waals surface area contributed by atoms with Gasteiger partial charge in [-0.25, -0.2) is 0 Å². The van der Waals surface area contributed by atoms with Gasteiger partial charge < -0.3 is 0 Å². The van der Waals surface area contributed by atoms with Crippen molar-refractivity contribution in [2.75, 3.05) is 5.43 Å². The quantitative estimate of drug-likeness (QED) is 0.640. The summed E-state index contributed by atoms with van der Waals surface area (Å²) < 4.78 is 0. The molecule has 1 N–H and O–H groups in total.